The molecular weight excluding hydrogens is 438 g/mol. The average molecular weight is 466 g/mol. The third-order valence-electron chi connectivity index (χ3n) is 3.58. The van der Waals surface area contributed by atoms with Crippen LogP contribution in [-0.4, -0.2) is 54.6 Å². The van der Waals surface area contributed by atoms with Crippen molar-refractivity contribution in [3.05, 3.63) is 71.3 Å². The largest absolute Gasteiger partial charge is 0.351 e. The molecule has 0 aliphatic rings. The fourth-order valence-electron chi connectivity index (χ4n) is 2.22. The van der Waals surface area contributed by atoms with Gasteiger partial charge < -0.3 is 16.0 Å². The highest BCUT2D eigenvalue weighted by Gasteiger charge is 2.16. The van der Waals surface area contributed by atoms with Gasteiger partial charge in [-0.2, -0.15) is 37.9 Å². The fraction of sp³-hybridized carbons (Fsp3) is 0.286. The van der Waals surface area contributed by atoms with Crippen LogP contribution >= 0.6 is 37.9 Å². The maximum atomic E-state index is 12.1. The van der Waals surface area contributed by atoms with Crippen molar-refractivity contribution in [3.8, 4) is 0 Å². The van der Waals surface area contributed by atoms with Crippen molar-refractivity contribution in [2.24, 2.45) is 0 Å². The molecule has 0 saturated heterocycles. The standard InChI is InChI=1S/C15H21N3O3S3.C6H6/c19-13(16-1-4-22)10-7-11(14(20)17-2-5-23)9-12(8-10)15(21)18-3-6-24;1-2-4-6-5-3-1/h7-9,22-24H,1-6H2,(H,16,19)(H,17,20)(H,18,21);1-6H. The lowest BCUT2D eigenvalue weighted by Crippen LogP contribution is -2.30. The Labute approximate surface area is 193 Å². The molecule has 0 aliphatic heterocycles. The highest BCUT2D eigenvalue weighted by molar-refractivity contribution is 7.80. The van der Waals surface area contributed by atoms with Crippen LogP contribution in [-0.2, 0) is 0 Å². The quantitative estimate of drug-likeness (QED) is 0.322. The summed E-state index contributed by atoms with van der Waals surface area (Å²) in [6.45, 7) is 1.16. The highest BCUT2D eigenvalue weighted by atomic mass is 32.1. The third kappa shape index (κ3) is 10.1. The molecule has 2 aromatic carbocycles. The van der Waals surface area contributed by atoms with Crippen molar-refractivity contribution in [2.45, 2.75) is 0 Å². The first kappa shape index (κ1) is 25.9. The van der Waals surface area contributed by atoms with Gasteiger partial charge in [0.1, 0.15) is 0 Å². The van der Waals surface area contributed by atoms with E-state index in [1.807, 2.05) is 36.4 Å². The normalized spacial score (nSPS) is 9.70. The Hall–Kier alpha value is -2.10. The van der Waals surface area contributed by atoms with Crippen LogP contribution < -0.4 is 16.0 Å². The molecule has 2 rings (SSSR count). The molecule has 0 fully saturated rings. The van der Waals surface area contributed by atoms with Crippen molar-refractivity contribution in [1.29, 1.82) is 0 Å². The molecule has 2 aromatic rings. The second-order valence-electron chi connectivity index (χ2n) is 5.89. The Kier molecular flexibility index (Phi) is 13.6. The predicted octanol–water partition coefficient (Wildman–Crippen LogP) is 2.35. The lowest BCUT2D eigenvalue weighted by molar-refractivity contribution is 0.0955. The van der Waals surface area contributed by atoms with Gasteiger partial charge in [0.25, 0.3) is 17.7 Å². The van der Waals surface area contributed by atoms with Gasteiger partial charge in [0.05, 0.1) is 0 Å². The van der Waals surface area contributed by atoms with Crippen LogP contribution in [0.1, 0.15) is 31.1 Å². The number of hydrogen-bond acceptors (Lipinski definition) is 6. The Morgan fingerprint density at radius 1 is 0.533 bits per heavy atom. The second kappa shape index (κ2) is 15.7. The Bertz CT molecular complexity index is 685. The molecule has 0 aromatic heterocycles. The molecule has 0 radical (unpaired) electrons. The molecule has 0 bridgehead atoms. The van der Waals surface area contributed by atoms with Crippen LogP contribution in [0.15, 0.2) is 54.6 Å². The lowest BCUT2D eigenvalue weighted by Gasteiger charge is -2.10. The fourth-order valence-corrected chi connectivity index (χ4v) is 2.56. The minimum atomic E-state index is -0.365. The Balaban J connectivity index is 0.000000637. The number of thiol groups is 3. The van der Waals surface area contributed by atoms with E-state index in [0.717, 1.165) is 0 Å². The Morgan fingerprint density at radius 2 is 0.767 bits per heavy atom. The smallest absolute Gasteiger partial charge is 0.251 e. The zero-order valence-corrected chi connectivity index (χ0v) is 19.2. The summed E-state index contributed by atoms with van der Waals surface area (Å²) in [5.74, 6) is 0.374. The van der Waals surface area contributed by atoms with Gasteiger partial charge in [-0.25, -0.2) is 0 Å². The monoisotopic (exact) mass is 465 g/mol. The summed E-state index contributed by atoms with van der Waals surface area (Å²) in [6, 6.07) is 16.4. The minimum Gasteiger partial charge on any atom is -0.351 e. The number of carbonyl (C=O) groups is 3. The van der Waals surface area contributed by atoms with Crippen LogP contribution in [0, 0.1) is 0 Å². The van der Waals surface area contributed by atoms with Crippen LogP contribution in [0.5, 0.6) is 0 Å². The number of benzene rings is 2. The van der Waals surface area contributed by atoms with E-state index in [4.69, 9.17) is 0 Å². The zero-order valence-electron chi connectivity index (χ0n) is 16.5. The summed E-state index contributed by atoms with van der Waals surface area (Å²) >= 11 is 12.1. The summed E-state index contributed by atoms with van der Waals surface area (Å²) in [5, 5.41) is 7.99. The molecule has 0 aliphatic carbocycles. The molecule has 9 heteroatoms. The predicted molar refractivity (Wildman–Crippen MR) is 131 cm³/mol. The average Bonchev–Trinajstić information content (AvgIpc) is 2.80. The van der Waals surface area contributed by atoms with Crippen molar-refractivity contribution in [3.63, 3.8) is 0 Å². The summed E-state index contributed by atoms with van der Waals surface area (Å²) in [4.78, 5) is 36.4. The van der Waals surface area contributed by atoms with E-state index < -0.39 is 0 Å². The van der Waals surface area contributed by atoms with Crippen LogP contribution in [0.2, 0.25) is 0 Å². The minimum absolute atomic E-state index is 0.242. The molecule has 3 amide bonds. The molecule has 0 saturated carbocycles. The molecule has 0 heterocycles. The number of nitrogens with one attached hydrogen (secondary N) is 3. The van der Waals surface area contributed by atoms with Crippen molar-refractivity contribution in [1.82, 2.24) is 16.0 Å². The summed E-state index contributed by atoms with van der Waals surface area (Å²) < 4.78 is 0. The van der Waals surface area contributed by atoms with Crippen LogP contribution in [0.3, 0.4) is 0 Å². The Morgan fingerprint density at radius 3 is 0.967 bits per heavy atom. The van der Waals surface area contributed by atoms with E-state index in [2.05, 4.69) is 53.8 Å². The van der Waals surface area contributed by atoms with Gasteiger partial charge in [-0.1, -0.05) is 36.4 Å². The van der Waals surface area contributed by atoms with E-state index in [0.29, 0.717) is 36.9 Å². The maximum Gasteiger partial charge on any atom is 0.251 e. The number of carbonyl (C=O) groups excluding carboxylic acids is 3. The van der Waals surface area contributed by atoms with Crippen LogP contribution in [0.25, 0.3) is 0 Å². The molecule has 3 N–H and O–H groups in total. The molecule has 6 nitrogen and oxygen atoms in total. The number of amides is 3. The van der Waals surface area contributed by atoms with E-state index >= 15 is 0 Å². The van der Waals surface area contributed by atoms with Gasteiger partial charge in [-0.15, -0.1) is 0 Å². The van der Waals surface area contributed by atoms with Crippen molar-refractivity contribution in [2.75, 3.05) is 36.9 Å². The molecular formula is C21H27N3O3S3. The van der Waals surface area contributed by atoms with Gasteiger partial charge in [0, 0.05) is 53.6 Å². The highest BCUT2D eigenvalue weighted by Crippen LogP contribution is 2.11. The molecule has 0 spiro atoms. The first-order valence-electron chi connectivity index (χ1n) is 9.35. The maximum absolute atomic E-state index is 12.1. The third-order valence-corrected chi connectivity index (χ3v) is 4.25. The molecule has 0 unspecified atom stereocenters. The van der Waals surface area contributed by atoms with E-state index in [1.54, 1.807) is 0 Å². The van der Waals surface area contributed by atoms with E-state index in [-0.39, 0.29) is 34.4 Å². The van der Waals surface area contributed by atoms with Gasteiger partial charge >= 0.3 is 0 Å². The molecule has 162 valence electrons. The van der Waals surface area contributed by atoms with E-state index in [1.165, 1.54) is 18.2 Å². The molecule has 30 heavy (non-hydrogen) atoms. The van der Waals surface area contributed by atoms with Gasteiger partial charge in [-0.3, -0.25) is 14.4 Å². The van der Waals surface area contributed by atoms with Gasteiger partial charge in [0.15, 0.2) is 0 Å². The molecule has 0 atom stereocenters. The topological polar surface area (TPSA) is 87.3 Å². The summed E-state index contributed by atoms with van der Waals surface area (Å²) in [7, 11) is 0. The number of hydrogen-bond donors (Lipinski definition) is 6. The van der Waals surface area contributed by atoms with E-state index in [9.17, 15) is 14.4 Å². The second-order valence-corrected chi connectivity index (χ2v) is 7.23. The first-order chi connectivity index (χ1) is 14.5. The van der Waals surface area contributed by atoms with Crippen molar-refractivity contribution < 1.29 is 14.4 Å². The SMILES string of the molecule is O=C(NCCS)c1cc(C(=O)NCCS)cc(C(=O)NCCS)c1.c1ccccc1. The van der Waals surface area contributed by atoms with Gasteiger partial charge in [0.2, 0.25) is 0 Å². The summed E-state index contributed by atoms with van der Waals surface area (Å²) in [6.07, 6.45) is 0. The zero-order chi connectivity index (χ0) is 22.2. The lowest BCUT2D eigenvalue weighted by atomic mass is 10.0. The first-order valence-corrected chi connectivity index (χ1v) is 11.3. The number of rotatable bonds is 9. The van der Waals surface area contributed by atoms with Crippen LogP contribution in [0.4, 0.5) is 0 Å². The van der Waals surface area contributed by atoms with Crippen molar-refractivity contribution >= 4 is 55.6 Å². The summed E-state index contributed by atoms with van der Waals surface area (Å²) in [5.41, 5.74) is 0.726. The van der Waals surface area contributed by atoms with Gasteiger partial charge in [-0.05, 0) is 18.2 Å².